The van der Waals surface area contributed by atoms with Crippen LogP contribution in [0.15, 0.2) is 30.5 Å². The normalized spacial score (nSPS) is 10.2. The summed E-state index contributed by atoms with van der Waals surface area (Å²) in [6, 6.07) is 6.85. The van der Waals surface area contributed by atoms with Crippen molar-refractivity contribution in [2.24, 2.45) is 7.05 Å². The van der Waals surface area contributed by atoms with Gasteiger partial charge < -0.3 is 10.6 Å². The van der Waals surface area contributed by atoms with E-state index in [1.807, 2.05) is 6.92 Å². The third-order valence-corrected chi connectivity index (χ3v) is 3.13. The molecule has 1 aromatic carbocycles. The van der Waals surface area contributed by atoms with Gasteiger partial charge in [-0.2, -0.15) is 5.10 Å². The molecule has 0 spiro atoms. The van der Waals surface area contributed by atoms with E-state index in [1.165, 1.54) is 6.20 Å². The molecule has 0 aliphatic carbocycles. The number of hydrogen-bond donors (Lipinski definition) is 2. The Kier molecular flexibility index (Phi) is 3.84. The molecule has 0 atom stereocenters. The molecule has 0 unspecified atom stereocenters. The largest absolute Gasteiger partial charge is 0.355 e. The predicted molar refractivity (Wildman–Crippen MR) is 75.7 cm³/mol. The van der Waals surface area contributed by atoms with E-state index in [-0.39, 0.29) is 11.8 Å². The Hall–Kier alpha value is -2.63. The van der Waals surface area contributed by atoms with Gasteiger partial charge in [0.2, 0.25) is 0 Å². The van der Waals surface area contributed by atoms with Crippen LogP contribution in [0.2, 0.25) is 0 Å². The molecule has 2 N–H and O–H groups in total. The summed E-state index contributed by atoms with van der Waals surface area (Å²) in [5, 5.41) is 9.32. The third kappa shape index (κ3) is 2.54. The molecule has 2 amide bonds. The van der Waals surface area contributed by atoms with Gasteiger partial charge in [-0.05, 0) is 19.1 Å². The number of benzene rings is 1. The highest BCUT2D eigenvalue weighted by Gasteiger charge is 2.16. The van der Waals surface area contributed by atoms with E-state index in [9.17, 15) is 9.59 Å². The monoisotopic (exact) mass is 272 g/mol. The van der Waals surface area contributed by atoms with Crippen molar-refractivity contribution in [2.75, 3.05) is 12.4 Å². The fourth-order valence-corrected chi connectivity index (χ4v) is 1.84. The second-order valence-corrected chi connectivity index (χ2v) is 4.35. The Labute approximate surface area is 116 Å². The molecule has 0 radical (unpaired) electrons. The maximum absolute atomic E-state index is 12.2. The lowest BCUT2D eigenvalue weighted by molar-refractivity contribution is 0.0964. The van der Waals surface area contributed by atoms with Crippen LogP contribution in [0.5, 0.6) is 0 Å². The van der Waals surface area contributed by atoms with E-state index in [4.69, 9.17) is 0 Å². The summed E-state index contributed by atoms with van der Waals surface area (Å²) in [6.45, 7) is 1.81. The first-order valence-electron chi connectivity index (χ1n) is 6.15. The molecular weight excluding hydrogens is 256 g/mol. The molecule has 6 heteroatoms. The fraction of sp³-hybridized carbons (Fsp3) is 0.214. The second kappa shape index (κ2) is 5.56. The molecule has 2 rings (SSSR count). The molecule has 2 aromatic rings. The summed E-state index contributed by atoms with van der Waals surface area (Å²) in [5.74, 6) is -0.532. The number of carbonyl (C=O) groups excluding carboxylic acids is 2. The summed E-state index contributed by atoms with van der Waals surface area (Å²) in [7, 11) is 3.32. The maximum atomic E-state index is 12.2. The van der Waals surface area contributed by atoms with E-state index in [2.05, 4.69) is 15.7 Å². The van der Waals surface area contributed by atoms with Gasteiger partial charge >= 0.3 is 0 Å². The summed E-state index contributed by atoms with van der Waals surface area (Å²) in [6.07, 6.45) is 1.51. The van der Waals surface area contributed by atoms with Crippen LogP contribution in [0, 0.1) is 6.92 Å². The number of carbonyl (C=O) groups is 2. The van der Waals surface area contributed by atoms with Crippen molar-refractivity contribution in [3.05, 3.63) is 47.3 Å². The highest BCUT2D eigenvalue weighted by molar-refractivity contribution is 6.09. The lowest BCUT2D eigenvalue weighted by Crippen LogP contribution is -2.21. The Morgan fingerprint density at radius 1 is 1.15 bits per heavy atom. The zero-order valence-electron chi connectivity index (χ0n) is 11.6. The summed E-state index contributed by atoms with van der Waals surface area (Å²) in [4.78, 5) is 24.0. The first-order chi connectivity index (χ1) is 9.54. The van der Waals surface area contributed by atoms with Gasteiger partial charge in [0.05, 0.1) is 23.0 Å². The molecule has 0 bridgehead atoms. The zero-order valence-corrected chi connectivity index (χ0v) is 11.6. The van der Waals surface area contributed by atoms with Crippen molar-refractivity contribution < 1.29 is 9.59 Å². The van der Waals surface area contributed by atoms with Gasteiger partial charge in [0.15, 0.2) is 0 Å². The van der Waals surface area contributed by atoms with Crippen molar-refractivity contribution in [1.82, 2.24) is 15.1 Å². The molecule has 6 nitrogen and oxygen atoms in total. The first-order valence-corrected chi connectivity index (χ1v) is 6.15. The molecule has 1 heterocycles. The third-order valence-electron chi connectivity index (χ3n) is 3.13. The molecule has 0 saturated heterocycles. The van der Waals surface area contributed by atoms with Crippen LogP contribution in [0.25, 0.3) is 0 Å². The number of nitrogens with one attached hydrogen (secondary N) is 2. The van der Waals surface area contributed by atoms with E-state index in [0.717, 1.165) is 5.69 Å². The van der Waals surface area contributed by atoms with Gasteiger partial charge in [0.25, 0.3) is 11.8 Å². The minimum atomic E-state index is -0.285. The van der Waals surface area contributed by atoms with Gasteiger partial charge in [-0.25, -0.2) is 0 Å². The number of aryl methyl sites for hydroxylation is 1. The topological polar surface area (TPSA) is 76.0 Å². The van der Waals surface area contributed by atoms with Crippen LogP contribution in [-0.4, -0.2) is 28.6 Å². The second-order valence-electron chi connectivity index (χ2n) is 4.35. The Bertz CT molecular complexity index is 661. The van der Waals surface area contributed by atoms with Gasteiger partial charge in [-0.3, -0.25) is 14.3 Å². The van der Waals surface area contributed by atoms with Crippen LogP contribution in [0.1, 0.15) is 26.4 Å². The van der Waals surface area contributed by atoms with Gasteiger partial charge in [0, 0.05) is 19.8 Å². The van der Waals surface area contributed by atoms with Crippen molar-refractivity contribution in [1.29, 1.82) is 0 Å². The van der Waals surface area contributed by atoms with E-state index < -0.39 is 0 Å². The number of nitrogens with zero attached hydrogens (tertiary/aromatic N) is 2. The lowest BCUT2D eigenvalue weighted by atomic mass is 10.1. The standard InChI is InChI=1S/C14H16N4O2/c1-9-11(8-16-18(9)3)14(20)17-12-7-5-4-6-10(12)13(19)15-2/h4-8H,1-3H3,(H,15,19)(H,17,20). The molecule has 1 aromatic heterocycles. The van der Waals surface area contributed by atoms with E-state index >= 15 is 0 Å². The first kappa shape index (κ1) is 13.8. The highest BCUT2D eigenvalue weighted by atomic mass is 16.2. The number of para-hydroxylation sites is 1. The summed E-state index contributed by atoms with van der Waals surface area (Å²) >= 11 is 0. The minimum absolute atomic E-state index is 0.246. The zero-order chi connectivity index (χ0) is 14.7. The molecule has 0 saturated carbocycles. The van der Waals surface area contributed by atoms with Crippen LogP contribution in [0.3, 0.4) is 0 Å². The average Bonchev–Trinajstić information content (AvgIpc) is 2.79. The lowest BCUT2D eigenvalue weighted by Gasteiger charge is -2.09. The molecule has 20 heavy (non-hydrogen) atoms. The van der Waals surface area contributed by atoms with Crippen LogP contribution >= 0.6 is 0 Å². The van der Waals surface area contributed by atoms with Crippen LogP contribution < -0.4 is 10.6 Å². The van der Waals surface area contributed by atoms with Crippen molar-refractivity contribution in [2.45, 2.75) is 6.92 Å². The molecule has 0 aliphatic heterocycles. The summed E-state index contributed by atoms with van der Waals surface area (Å²) in [5.41, 5.74) is 2.14. The quantitative estimate of drug-likeness (QED) is 0.885. The fourth-order valence-electron chi connectivity index (χ4n) is 1.84. The van der Waals surface area contributed by atoms with Crippen molar-refractivity contribution in [3.63, 3.8) is 0 Å². The van der Waals surface area contributed by atoms with E-state index in [0.29, 0.717) is 16.8 Å². The minimum Gasteiger partial charge on any atom is -0.355 e. The van der Waals surface area contributed by atoms with Crippen LogP contribution in [0.4, 0.5) is 5.69 Å². The predicted octanol–water partition coefficient (Wildman–Crippen LogP) is 1.34. The SMILES string of the molecule is CNC(=O)c1ccccc1NC(=O)c1cnn(C)c1C. The highest BCUT2D eigenvalue weighted by Crippen LogP contribution is 2.17. The molecule has 0 aliphatic rings. The Morgan fingerprint density at radius 3 is 2.45 bits per heavy atom. The smallest absolute Gasteiger partial charge is 0.259 e. The van der Waals surface area contributed by atoms with E-state index in [1.54, 1.807) is 43.0 Å². The average molecular weight is 272 g/mol. The number of rotatable bonds is 3. The van der Waals surface area contributed by atoms with Gasteiger partial charge in [-0.1, -0.05) is 12.1 Å². The van der Waals surface area contributed by atoms with Gasteiger partial charge in [0.1, 0.15) is 0 Å². The molecule has 0 fully saturated rings. The van der Waals surface area contributed by atoms with Crippen LogP contribution in [-0.2, 0) is 7.05 Å². The Morgan fingerprint density at radius 2 is 1.85 bits per heavy atom. The summed E-state index contributed by atoms with van der Waals surface area (Å²) < 4.78 is 1.62. The van der Waals surface area contributed by atoms with Crippen molar-refractivity contribution in [3.8, 4) is 0 Å². The van der Waals surface area contributed by atoms with Gasteiger partial charge in [-0.15, -0.1) is 0 Å². The number of amides is 2. The van der Waals surface area contributed by atoms with Crippen molar-refractivity contribution >= 4 is 17.5 Å². The molecule has 104 valence electrons. The maximum Gasteiger partial charge on any atom is 0.259 e. The Balaban J connectivity index is 2.29. The number of hydrogen-bond acceptors (Lipinski definition) is 3. The number of aromatic nitrogens is 2. The molecular formula is C14H16N4O2. The number of anilines is 1.